The molecule has 17 heavy (non-hydrogen) atoms. The molecule has 0 aliphatic heterocycles. The van der Waals surface area contributed by atoms with Gasteiger partial charge < -0.3 is 0 Å². The summed E-state index contributed by atoms with van der Waals surface area (Å²) in [5, 5.41) is 5.00. The number of nitrogens with zero attached hydrogens (tertiary/aromatic N) is 1. The van der Waals surface area contributed by atoms with Gasteiger partial charge in [0.15, 0.2) is 0 Å². The molecule has 103 valence electrons. The van der Waals surface area contributed by atoms with Crippen LogP contribution in [0.2, 0.25) is 0 Å². The van der Waals surface area contributed by atoms with Crippen LogP contribution < -0.4 is 5.32 Å². The van der Waals surface area contributed by atoms with E-state index in [1.54, 1.807) is 0 Å². The molecule has 0 aliphatic carbocycles. The van der Waals surface area contributed by atoms with Crippen LogP contribution in [0.3, 0.4) is 0 Å². The topological polar surface area (TPSA) is 14.1 Å². The molecule has 1 heteroatoms. The van der Waals surface area contributed by atoms with Crippen LogP contribution in [-0.2, 0) is 0 Å². The molecule has 1 nitrogen and oxygen atoms in total. The highest BCUT2D eigenvalue weighted by atomic mass is 15.0. The van der Waals surface area contributed by atoms with Crippen LogP contribution in [0.15, 0.2) is 0 Å². The van der Waals surface area contributed by atoms with Gasteiger partial charge >= 0.3 is 0 Å². The first-order chi connectivity index (χ1) is 8.24. The van der Waals surface area contributed by atoms with Crippen molar-refractivity contribution in [3.8, 4) is 0 Å². The van der Waals surface area contributed by atoms with E-state index in [-0.39, 0.29) is 0 Å². The number of unbranched alkanes of at least 4 members (excludes halogenated alkanes) is 5. The molecule has 0 saturated carbocycles. The second kappa shape index (κ2) is 11.1. The van der Waals surface area contributed by atoms with Crippen LogP contribution in [0.5, 0.6) is 0 Å². The first-order valence-corrected chi connectivity index (χ1v) is 7.93. The zero-order chi connectivity index (χ0) is 13.0. The van der Waals surface area contributed by atoms with E-state index in [1.165, 1.54) is 64.2 Å². The Morgan fingerprint density at radius 3 is 1.82 bits per heavy atom. The highest BCUT2D eigenvalue weighted by Gasteiger charge is 2.25. The minimum absolute atomic E-state index is 0.307. The largest absolute Gasteiger partial charge is 0.235 e. The Balaban J connectivity index is 3.85. The van der Waals surface area contributed by atoms with E-state index in [9.17, 15) is 0 Å². The van der Waals surface area contributed by atoms with Gasteiger partial charge in [-0.2, -0.15) is 0 Å². The summed E-state index contributed by atoms with van der Waals surface area (Å²) in [5.41, 5.74) is 0.307. The third-order valence-corrected chi connectivity index (χ3v) is 4.02. The highest BCUT2D eigenvalue weighted by molar-refractivity contribution is 4.84. The molecule has 0 unspecified atom stereocenters. The van der Waals surface area contributed by atoms with Crippen LogP contribution >= 0.6 is 0 Å². The Morgan fingerprint density at radius 1 is 0.706 bits per heavy atom. The van der Waals surface area contributed by atoms with E-state index in [4.69, 9.17) is 5.32 Å². The predicted octanol–water partition coefficient (Wildman–Crippen LogP) is 5.31. The van der Waals surface area contributed by atoms with Gasteiger partial charge in [0.2, 0.25) is 0 Å². The van der Waals surface area contributed by atoms with Gasteiger partial charge in [-0.3, -0.25) is 0 Å². The molecule has 1 radical (unpaired) electrons. The molecule has 0 bridgehead atoms. The van der Waals surface area contributed by atoms with Crippen LogP contribution in [-0.4, -0.2) is 12.1 Å². The van der Waals surface area contributed by atoms with Gasteiger partial charge in [0.1, 0.15) is 0 Å². The van der Waals surface area contributed by atoms with Crippen LogP contribution in [0.4, 0.5) is 0 Å². The molecule has 0 saturated heterocycles. The van der Waals surface area contributed by atoms with Crippen molar-refractivity contribution < 1.29 is 0 Å². The Bertz CT molecular complexity index is 150. The minimum atomic E-state index is 0.307. The van der Waals surface area contributed by atoms with Crippen LogP contribution in [0.25, 0.3) is 0 Å². The molecule has 0 fully saturated rings. The smallest absolute Gasteiger partial charge is 0.0351 e. The van der Waals surface area contributed by atoms with E-state index in [0.717, 1.165) is 6.54 Å². The summed E-state index contributed by atoms with van der Waals surface area (Å²) in [6, 6.07) is 0. The molecule has 0 N–H and O–H groups in total. The average molecular weight is 240 g/mol. The van der Waals surface area contributed by atoms with Gasteiger partial charge in [0.25, 0.3) is 0 Å². The SMILES string of the molecule is CCCCCCCC(CC)(CC)[N]CCCC. The summed E-state index contributed by atoms with van der Waals surface area (Å²) in [5.74, 6) is 0. The van der Waals surface area contributed by atoms with Crippen molar-refractivity contribution in [3.05, 3.63) is 0 Å². The summed E-state index contributed by atoms with van der Waals surface area (Å²) < 4.78 is 0. The zero-order valence-corrected chi connectivity index (χ0v) is 12.7. The van der Waals surface area contributed by atoms with Crippen molar-refractivity contribution in [3.63, 3.8) is 0 Å². The Hall–Kier alpha value is -0.0400. The molecule has 0 amide bonds. The van der Waals surface area contributed by atoms with Gasteiger partial charge in [0.05, 0.1) is 0 Å². The Morgan fingerprint density at radius 2 is 1.29 bits per heavy atom. The first kappa shape index (κ1) is 17.0. The highest BCUT2D eigenvalue weighted by Crippen LogP contribution is 2.24. The van der Waals surface area contributed by atoms with E-state index in [1.807, 2.05) is 0 Å². The third kappa shape index (κ3) is 7.81. The molecular weight excluding hydrogens is 206 g/mol. The van der Waals surface area contributed by atoms with Crippen molar-refractivity contribution in [2.24, 2.45) is 0 Å². The summed E-state index contributed by atoms with van der Waals surface area (Å²) in [6.45, 7) is 10.2. The minimum Gasteiger partial charge on any atom is -0.235 e. The molecule has 0 aromatic rings. The summed E-state index contributed by atoms with van der Waals surface area (Å²) in [6.07, 6.45) is 13.2. The second-order valence-corrected chi connectivity index (χ2v) is 5.33. The van der Waals surface area contributed by atoms with Crippen molar-refractivity contribution in [2.75, 3.05) is 6.54 Å². The van der Waals surface area contributed by atoms with Gasteiger partial charge in [-0.25, -0.2) is 5.32 Å². The molecule has 0 atom stereocenters. The van der Waals surface area contributed by atoms with E-state index < -0.39 is 0 Å². The fraction of sp³-hybridized carbons (Fsp3) is 1.00. The van der Waals surface area contributed by atoms with Crippen molar-refractivity contribution in [2.45, 2.75) is 97.4 Å². The van der Waals surface area contributed by atoms with Gasteiger partial charge in [-0.1, -0.05) is 66.2 Å². The van der Waals surface area contributed by atoms with Gasteiger partial charge in [0, 0.05) is 12.1 Å². The van der Waals surface area contributed by atoms with Crippen LogP contribution in [0.1, 0.15) is 91.9 Å². The van der Waals surface area contributed by atoms with Crippen molar-refractivity contribution >= 4 is 0 Å². The number of hydrogen-bond donors (Lipinski definition) is 0. The maximum Gasteiger partial charge on any atom is 0.0351 e. The molecule has 0 heterocycles. The van der Waals surface area contributed by atoms with E-state index >= 15 is 0 Å². The van der Waals surface area contributed by atoms with E-state index in [0.29, 0.717) is 5.54 Å². The second-order valence-electron chi connectivity index (χ2n) is 5.33. The van der Waals surface area contributed by atoms with Gasteiger partial charge in [-0.15, -0.1) is 0 Å². The summed E-state index contributed by atoms with van der Waals surface area (Å²) in [4.78, 5) is 0. The fourth-order valence-corrected chi connectivity index (χ4v) is 2.44. The monoisotopic (exact) mass is 240 g/mol. The van der Waals surface area contributed by atoms with Crippen molar-refractivity contribution in [1.29, 1.82) is 0 Å². The lowest BCUT2D eigenvalue weighted by atomic mass is 9.86. The lowest BCUT2D eigenvalue weighted by molar-refractivity contribution is 0.262. The average Bonchev–Trinajstić information content (AvgIpc) is 2.37. The predicted molar refractivity (Wildman–Crippen MR) is 78.6 cm³/mol. The molecule has 0 spiro atoms. The standard InChI is InChI=1S/C16H34N/c1-5-9-11-12-13-14-16(7-3,8-4)17-15-10-6-2/h5-15H2,1-4H3. The first-order valence-electron chi connectivity index (χ1n) is 7.93. The molecule has 0 aromatic carbocycles. The lowest BCUT2D eigenvalue weighted by Crippen LogP contribution is -2.39. The quantitative estimate of drug-likeness (QED) is 0.410. The molecule has 0 aromatic heterocycles. The molecule has 0 rings (SSSR count). The van der Waals surface area contributed by atoms with Crippen LogP contribution in [0, 0.1) is 0 Å². The van der Waals surface area contributed by atoms with Gasteiger partial charge in [-0.05, 0) is 25.7 Å². The zero-order valence-electron chi connectivity index (χ0n) is 12.7. The Labute approximate surface area is 110 Å². The Kier molecular flexibility index (Phi) is 11.0. The van der Waals surface area contributed by atoms with Crippen molar-refractivity contribution in [1.82, 2.24) is 5.32 Å². The maximum atomic E-state index is 5.00. The molecular formula is C16H34N. The summed E-state index contributed by atoms with van der Waals surface area (Å²) >= 11 is 0. The molecule has 0 aliphatic rings. The normalized spacial score (nSPS) is 12.0. The fourth-order valence-electron chi connectivity index (χ4n) is 2.44. The summed E-state index contributed by atoms with van der Waals surface area (Å²) in [7, 11) is 0. The lowest BCUT2D eigenvalue weighted by Gasteiger charge is -2.31. The number of rotatable bonds is 12. The third-order valence-electron chi connectivity index (χ3n) is 4.02. The van der Waals surface area contributed by atoms with E-state index in [2.05, 4.69) is 27.7 Å². The maximum absolute atomic E-state index is 5.00. The number of hydrogen-bond acceptors (Lipinski definition) is 0.